The number of alkyl carbamates (subject to hydrolysis) is 1. The fraction of sp³-hybridized carbons (Fsp3) is 0.500. The van der Waals surface area contributed by atoms with Gasteiger partial charge in [-0.1, -0.05) is 6.07 Å². The molecule has 2 rings (SSSR count). The van der Waals surface area contributed by atoms with Crippen molar-refractivity contribution in [1.82, 2.24) is 5.32 Å². The predicted molar refractivity (Wildman–Crippen MR) is 94.0 cm³/mol. The highest BCUT2D eigenvalue weighted by atomic mass is 16.6. The van der Waals surface area contributed by atoms with E-state index in [0.717, 1.165) is 0 Å². The molecule has 0 spiro atoms. The van der Waals surface area contributed by atoms with Crippen molar-refractivity contribution in [3.63, 3.8) is 0 Å². The fourth-order valence-electron chi connectivity index (χ4n) is 2.73. The average Bonchev–Trinajstić information content (AvgIpc) is 2.80. The van der Waals surface area contributed by atoms with Crippen molar-refractivity contribution >= 4 is 23.5 Å². The summed E-state index contributed by atoms with van der Waals surface area (Å²) in [6, 6.07) is 3.24. The number of anilines is 1. The van der Waals surface area contributed by atoms with Gasteiger partial charge in [-0.25, -0.2) is 4.79 Å². The zero-order valence-corrected chi connectivity index (χ0v) is 15.3. The van der Waals surface area contributed by atoms with E-state index in [1.807, 2.05) is 0 Å². The first-order valence-electron chi connectivity index (χ1n) is 8.33. The number of hydrogen-bond donors (Lipinski definition) is 4. The van der Waals surface area contributed by atoms with E-state index >= 15 is 0 Å². The van der Waals surface area contributed by atoms with Gasteiger partial charge in [0, 0.05) is 6.54 Å². The second kappa shape index (κ2) is 7.43. The molecule has 26 heavy (non-hydrogen) atoms. The second-order valence-corrected chi connectivity index (χ2v) is 7.23. The van der Waals surface area contributed by atoms with Crippen LogP contribution < -0.4 is 10.6 Å². The molecule has 1 heterocycles. The fourth-order valence-corrected chi connectivity index (χ4v) is 2.73. The smallest absolute Gasteiger partial charge is 0.407 e. The van der Waals surface area contributed by atoms with Gasteiger partial charge >= 0.3 is 6.09 Å². The van der Waals surface area contributed by atoms with E-state index in [4.69, 9.17) is 4.74 Å². The molecule has 8 nitrogen and oxygen atoms in total. The lowest BCUT2D eigenvalue weighted by Crippen LogP contribution is -2.35. The third-order valence-electron chi connectivity index (χ3n) is 3.91. The van der Waals surface area contributed by atoms with Gasteiger partial charge < -0.3 is 25.6 Å². The number of rotatable bonds is 5. The molecule has 0 saturated heterocycles. The van der Waals surface area contributed by atoms with Gasteiger partial charge in [-0.3, -0.25) is 9.59 Å². The minimum atomic E-state index is -1.37. The number of aliphatic hydroxyl groups excluding tert-OH is 2. The summed E-state index contributed by atoms with van der Waals surface area (Å²) in [6.07, 6.45) is -3.19. The maximum Gasteiger partial charge on any atom is 0.407 e. The number of ketones is 1. The molecule has 0 saturated carbocycles. The van der Waals surface area contributed by atoms with Crippen molar-refractivity contribution in [2.24, 2.45) is 0 Å². The quantitative estimate of drug-likeness (QED) is 0.586. The molecule has 0 aliphatic carbocycles. The number of aryl methyl sites for hydroxylation is 1. The van der Waals surface area contributed by atoms with Crippen molar-refractivity contribution in [2.75, 3.05) is 11.9 Å². The first-order valence-corrected chi connectivity index (χ1v) is 8.33. The third-order valence-corrected chi connectivity index (χ3v) is 3.91. The number of carbonyl (C=O) groups is 3. The SMILES string of the molecule is Cc1ccc2c(c1C(O)C(O)CCNC(=O)OC(C)(C)C)C(=O)C(=O)N2. The number of hydrogen-bond acceptors (Lipinski definition) is 6. The molecule has 2 atom stereocenters. The Morgan fingerprint density at radius 1 is 1.27 bits per heavy atom. The summed E-state index contributed by atoms with van der Waals surface area (Å²) < 4.78 is 5.09. The Bertz CT molecular complexity index is 738. The van der Waals surface area contributed by atoms with E-state index in [0.29, 0.717) is 11.3 Å². The van der Waals surface area contributed by atoms with E-state index in [-0.39, 0.29) is 24.1 Å². The molecule has 2 amide bonds. The van der Waals surface area contributed by atoms with Gasteiger partial charge in [0.25, 0.3) is 11.7 Å². The van der Waals surface area contributed by atoms with Crippen LogP contribution in [0.3, 0.4) is 0 Å². The zero-order valence-electron chi connectivity index (χ0n) is 15.3. The Labute approximate surface area is 151 Å². The van der Waals surface area contributed by atoms with Gasteiger partial charge in [-0.2, -0.15) is 0 Å². The van der Waals surface area contributed by atoms with Crippen LogP contribution in [-0.2, 0) is 9.53 Å². The van der Waals surface area contributed by atoms with Crippen molar-refractivity contribution in [3.05, 3.63) is 28.8 Å². The average molecular weight is 364 g/mol. The van der Waals surface area contributed by atoms with Gasteiger partial charge in [0.15, 0.2) is 0 Å². The molecular weight excluding hydrogens is 340 g/mol. The summed E-state index contributed by atoms with van der Waals surface area (Å²) in [4.78, 5) is 35.2. The summed E-state index contributed by atoms with van der Waals surface area (Å²) in [6.45, 7) is 6.95. The minimum absolute atomic E-state index is 0.0408. The lowest BCUT2D eigenvalue weighted by atomic mass is 9.91. The number of aliphatic hydroxyl groups is 2. The summed E-state index contributed by atoms with van der Waals surface area (Å²) >= 11 is 0. The van der Waals surface area contributed by atoms with Crippen LogP contribution in [0.5, 0.6) is 0 Å². The number of amides is 2. The van der Waals surface area contributed by atoms with Crippen molar-refractivity contribution in [2.45, 2.75) is 51.9 Å². The Balaban J connectivity index is 2.05. The third kappa shape index (κ3) is 4.39. The molecule has 1 aromatic rings. The maximum atomic E-state index is 12.1. The highest BCUT2D eigenvalue weighted by Crippen LogP contribution is 2.34. The molecule has 4 N–H and O–H groups in total. The molecule has 1 aliphatic rings. The molecule has 1 aromatic carbocycles. The molecule has 142 valence electrons. The Morgan fingerprint density at radius 3 is 2.54 bits per heavy atom. The largest absolute Gasteiger partial charge is 0.444 e. The van der Waals surface area contributed by atoms with E-state index in [9.17, 15) is 24.6 Å². The van der Waals surface area contributed by atoms with E-state index < -0.39 is 35.6 Å². The number of ether oxygens (including phenoxy) is 1. The van der Waals surface area contributed by atoms with Crippen LogP contribution in [0.15, 0.2) is 12.1 Å². The number of benzene rings is 1. The van der Waals surface area contributed by atoms with Crippen LogP contribution in [-0.4, -0.2) is 46.2 Å². The summed E-state index contributed by atoms with van der Waals surface area (Å²) in [5, 5.41) is 25.7. The molecule has 8 heteroatoms. The van der Waals surface area contributed by atoms with E-state index in [1.165, 1.54) is 0 Å². The molecule has 0 fully saturated rings. The molecule has 0 radical (unpaired) electrons. The predicted octanol–water partition coefficient (Wildman–Crippen LogP) is 1.44. The second-order valence-electron chi connectivity index (χ2n) is 7.23. The van der Waals surface area contributed by atoms with Gasteiger partial charge in [0.1, 0.15) is 11.7 Å². The number of nitrogens with one attached hydrogen (secondary N) is 2. The normalized spacial score (nSPS) is 15.9. The van der Waals surface area contributed by atoms with E-state index in [1.54, 1.807) is 39.8 Å². The van der Waals surface area contributed by atoms with Crippen LogP contribution in [0.4, 0.5) is 10.5 Å². The Morgan fingerprint density at radius 2 is 1.92 bits per heavy atom. The lowest BCUT2D eigenvalue weighted by molar-refractivity contribution is -0.112. The molecule has 2 unspecified atom stereocenters. The Hall–Kier alpha value is -2.45. The number of carbonyl (C=O) groups excluding carboxylic acids is 3. The van der Waals surface area contributed by atoms with Crippen molar-refractivity contribution < 1.29 is 29.3 Å². The van der Waals surface area contributed by atoms with Gasteiger partial charge in [0.05, 0.1) is 17.4 Å². The monoisotopic (exact) mass is 364 g/mol. The molecular formula is C18H24N2O6. The molecule has 1 aliphatic heterocycles. The molecule has 0 aromatic heterocycles. The van der Waals surface area contributed by atoms with Crippen LogP contribution in [0.2, 0.25) is 0 Å². The lowest BCUT2D eigenvalue weighted by Gasteiger charge is -2.23. The van der Waals surface area contributed by atoms with Gasteiger partial charge in [0.2, 0.25) is 0 Å². The van der Waals surface area contributed by atoms with Gasteiger partial charge in [-0.15, -0.1) is 0 Å². The van der Waals surface area contributed by atoms with E-state index in [2.05, 4.69) is 10.6 Å². The summed E-state index contributed by atoms with van der Waals surface area (Å²) in [5.41, 5.74) is 0.570. The van der Waals surface area contributed by atoms with Crippen LogP contribution in [0.1, 0.15) is 54.8 Å². The van der Waals surface area contributed by atoms with Crippen LogP contribution >= 0.6 is 0 Å². The Kier molecular flexibility index (Phi) is 5.68. The topological polar surface area (TPSA) is 125 Å². The standard InChI is InChI=1S/C18H24N2O6/c1-9-5-6-10-13(15(23)16(24)20-10)12(9)14(22)11(21)7-8-19-17(25)26-18(2,3)4/h5-6,11,14,21-22H,7-8H2,1-4H3,(H,19,25)(H,20,23,24). The highest BCUT2D eigenvalue weighted by Gasteiger charge is 2.35. The summed E-state index contributed by atoms with van der Waals surface area (Å²) in [5.74, 6) is -1.50. The van der Waals surface area contributed by atoms with Crippen molar-refractivity contribution in [3.8, 4) is 0 Å². The first-order chi connectivity index (χ1) is 12.0. The first kappa shape index (κ1) is 19.9. The maximum absolute atomic E-state index is 12.1. The van der Waals surface area contributed by atoms with Gasteiger partial charge in [-0.05, 0) is 51.3 Å². The molecule has 0 bridgehead atoms. The highest BCUT2D eigenvalue weighted by molar-refractivity contribution is 6.52. The van der Waals surface area contributed by atoms with Crippen molar-refractivity contribution in [1.29, 1.82) is 0 Å². The summed E-state index contributed by atoms with van der Waals surface area (Å²) in [7, 11) is 0. The van der Waals surface area contributed by atoms with Crippen LogP contribution in [0.25, 0.3) is 0 Å². The zero-order chi connectivity index (χ0) is 19.6. The minimum Gasteiger partial charge on any atom is -0.444 e. The van der Waals surface area contributed by atoms with Crippen LogP contribution in [0, 0.1) is 6.92 Å². The number of fused-ring (bicyclic) bond motifs is 1. The number of Topliss-reactive ketones (excluding diaryl/α,β-unsaturated/α-hetero) is 1.